The Hall–Kier alpha value is -1.76. The smallest absolute Gasteiger partial charge is 0.231 e. The highest BCUT2D eigenvalue weighted by Gasteiger charge is 2.29. The Bertz CT molecular complexity index is 811. The van der Waals surface area contributed by atoms with Crippen molar-refractivity contribution < 1.29 is 14.2 Å². The van der Waals surface area contributed by atoms with Gasteiger partial charge in [0.25, 0.3) is 0 Å². The summed E-state index contributed by atoms with van der Waals surface area (Å²) in [4.78, 5) is 7.25. The molecule has 3 aliphatic heterocycles. The van der Waals surface area contributed by atoms with Crippen molar-refractivity contribution in [3.8, 4) is 22.9 Å². The molecule has 0 aliphatic carbocycles. The maximum Gasteiger partial charge on any atom is 0.231 e. The summed E-state index contributed by atoms with van der Waals surface area (Å²) in [5.74, 6) is 2.34. The second kappa shape index (κ2) is 7.34. The van der Waals surface area contributed by atoms with Gasteiger partial charge in [0, 0.05) is 62.4 Å². The minimum absolute atomic E-state index is 0.244. The first-order valence-electron chi connectivity index (χ1n) is 9.74. The lowest BCUT2D eigenvalue weighted by Crippen LogP contribution is -2.44. The molecule has 0 atom stereocenters. The van der Waals surface area contributed by atoms with Crippen LogP contribution in [-0.2, 0) is 4.74 Å². The zero-order chi connectivity index (χ0) is 18.2. The van der Waals surface area contributed by atoms with Crippen LogP contribution in [0.5, 0.6) is 11.5 Å². The molecular weight excluding hydrogens is 366 g/mol. The predicted octanol–water partition coefficient (Wildman–Crippen LogP) is 3.75. The maximum absolute atomic E-state index is 6.53. The molecule has 0 saturated carbocycles. The van der Waals surface area contributed by atoms with Gasteiger partial charge in [-0.1, -0.05) is 11.6 Å². The van der Waals surface area contributed by atoms with Crippen molar-refractivity contribution >= 4 is 11.6 Å². The minimum atomic E-state index is 0.244. The van der Waals surface area contributed by atoms with Crippen molar-refractivity contribution in [3.63, 3.8) is 0 Å². The number of benzene rings is 1. The Balaban J connectivity index is 1.34. The average Bonchev–Trinajstić information content (AvgIpc) is 3.37. The van der Waals surface area contributed by atoms with E-state index in [9.17, 15) is 0 Å². The number of likely N-dealkylation sites (tertiary alicyclic amines) is 1. The Morgan fingerprint density at radius 2 is 1.70 bits per heavy atom. The van der Waals surface area contributed by atoms with Crippen LogP contribution in [0.2, 0.25) is 5.02 Å². The number of rotatable bonds is 3. The van der Waals surface area contributed by atoms with E-state index in [0.717, 1.165) is 69.1 Å². The molecule has 0 unspecified atom stereocenters. The summed E-state index contributed by atoms with van der Waals surface area (Å²) in [6.45, 7) is 4.30. The minimum Gasteiger partial charge on any atom is -0.454 e. The van der Waals surface area contributed by atoms with Crippen LogP contribution in [0.4, 0.5) is 0 Å². The standard InChI is InChI=1S/C20H24ClN3O3/c21-17-12-19-18(26-13-27-19)11-16(17)20-22-5-8-24(20)15-1-6-23(7-2-15)14-3-9-25-10-4-14/h5,8,11-12,14-15H,1-4,6-7,9-10,13H2. The van der Waals surface area contributed by atoms with Gasteiger partial charge >= 0.3 is 0 Å². The first-order chi connectivity index (χ1) is 13.3. The molecule has 2 saturated heterocycles. The van der Waals surface area contributed by atoms with Crippen LogP contribution >= 0.6 is 11.6 Å². The van der Waals surface area contributed by atoms with Gasteiger partial charge in [0.05, 0.1) is 5.02 Å². The number of hydrogen-bond acceptors (Lipinski definition) is 5. The molecule has 0 radical (unpaired) electrons. The Morgan fingerprint density at radius 3 is 2.48 bits per heavy atom. The molecule has 2 aromatic rings. The SMILES string of the molecule is Clc1cc2c(cc1-c1nccn1C1CCN(C3CCOCC3)CC1)OCO2. The van der Waals surface area contributed by atoms with E-state index in [1.165, 1.54) is 0 Å². The van der Waals surface area contributed by atoms with Crippen molar-refractivity contribution in [2.24, 2.45) is 0 Å². The normalized spacial score (nSPS) is 21.7. The van der Waals surface area contributed by atoms with E-state index in [1.807, 2.05) is 18.3 Å². The van der Waals surface area contributed by atoms with E-state index < -0.39 is 0 Å². The van der Waals surface area contributed by atoms with Crippen molar-refractivity contribution in [1.29, 1.82) is 0 Å². The fraction of sp³-hybridized carbons (Fsp3) is 0.550. The number of piperidine rings is 1. The number of nitrogens with zero attached hydrogens (tertiary/aromatic N) is 3. The van der Waals surface area contributed by atoms with Gasteiger partial charge in [-0.2, -0.15) is 0 Å². The molecule has 0 bridgehead atoms. The highest BCUT2D eigenvalue weighted by molar-refractivity contribution is 6.33. The fourth-order valence-electron chi connectivity index (χ4n) is 4.48. The molecule has 144 valence electrons. The van der Waals surface area contributed by atoms with Crippen LogP contribution in [0.15, 0.2) is 24.5 Å². The quantitative estimate of drug-likeness (QED) is 0.800. The molecule has 2 fully saturated rings. The maximum atomic E-state index is 6.53. The first-order valence-corrected chi connectivity index (χ1v) is 10.1. The zero-order valence-corrected chi connectivity index (χ0v) is 16.0. The lowest BCUT2D eigenvalue weighted by Gasteiger charge is -2.39. The molecule has 7 heteroatoms. The number of fused-ring (bicyclic) bond motifs is 1. The van der Waals surface area contributed by atoms with Crippen molar-refractivity contribution in [1.82, 2.24) is 14.5 Å². The van der Waals surface area contributed by atoms with Crippen LogP contribution < -0.4 is 9.47 Å². The summed E-state index contributed by atoms with van der Waals surface area (Å²) in [5.41, 5.74) is 0.901. The van der Waals surface area contributed by atoms with Crippen LogP contribution in [0, 0.1) is 0 Å². The van der Waals surface area contributed by atoms with Gasteiger partial charge in [-0.25, -0.2) is 4.98 Å². The summed E-state index contributed by atoms with van der Waals surface area (Å²) >= 11 is 6.53. The number of aromatic nitrogens is 2. The van der Waals surface area contributed by atoms with Crippen LogP contribution in [0.1, 0.15) is 31.7 Å². The van der Waals surface area contributed by atoms with Gasteiger partial charge in [0.1, 0.15) is 5.82 Å². The summed E-state index contributed by atoms with van der Waals surface area (Å²) in [6.07, 6.45) is 8.51. The Labute approximate surface area is 164 Å². The molecule has 3 aliphatic rings. The largest absolute Gasteiger partial charge is 0.454 e. The molecule has 0 N–H and O–H groups in total. The Morgan fingerprint density at radius 1 is 0.963 bits per heavy atom. The van der Waals surface area contributed by atoms with E-state index in [-0.39, 0.29) is 6.79 Å². The fourth-order valence-corrected chi connectivity index (χ4v) is 4.72. The monoisotopic (exact) mass is 389 g/mol. The van der Waals surface area contributed by atoms with Gasteiger partial charge in [-0.3, -0.25) is 0 Å². The predicted molar refractivity (Wildman–Crippen MR) is 102 cm³/mol. The first kappa shape index (κ1) is 17.3. The Kier molecular flexibility index (Phi) is 4.71. The number of halogens is 1. The summed E-state index contributed by atoms with van der Waals surface area (Å²) in [6, 6.07) is 4.90. The van der Waals surface area contributed by atoms with Gasteiger partial charge in [-0.05, 0) is 31.7 Å². The molecule has 1 aromatic carbocycles. The molecule has 5 rings (SSSR count). The highest BCUT2D eigenvalue weighted by atomic mass is 35.5. The lowest BCUT2D eigenvalue weighted by atomic mass is 9.99. The van der Waals surface area contributed by atoms with Gasteiger partial charge in [-0.15, -0.1) is 0 Å². The lowest BCUT2D eigenvalue weighted by molar-refractivity contribution is 0.0220. The van der Waals surface area contributed by atoms with Crippen LogP contribution in [-0.4, -0.2) is 53.6 Å². The topological polar surface area (TPSA) is 48.8 Å². The molecule has 4 heterocycles. The van der Waals surface area contributed by atoms with E-state index in [1.54, 1.807) is 0 Å². The molecular formula is C20H24ClN3O3. The third-order valence-corrected chi connectivity index (χ3v) is 6.28. The molecule has 0 spiro atoms. The van der Waals surface area contributed by atoms with Gasteiger partial charge in [0.2, 0.25) is 6.79 Å². The summed E-state index contributed by atoms with van der Waals surface area (Å²) < 4.78 is 18.7. The van der Waals surface area contributed by atoms with Crippen LogP contribution in [0.3, 0.4) is 0 Å². The second-order valence-electron chi connectivity index (χ2n) is 7.45. The average molecular weight is 390 g/mol. The highest BCUT2D eigenvalue weighted by Crippen LogP contribution is 2.41. The van der Waals surface area contributed by atoms with Gasteiger partial charge in [0.15, 0.2) is 11.5 Å². The van der Waals surface area contributed by atoms with E-state index in [0.29, 0.717) is 22.9 Å². The number of ether oxygens (including phenoxy) is 3. The van der Waals surface area contributed by atoms with Gasteiger partial charge < -0.3 is 23.7 Å². The third kappa shape index (κ3) is 3.30. The zero-order valence-electron chi connectivity index (χ0n) is 15.3. The summed E-state index contributed by atoms with van der Waals surface area (Å²) in [7, 11) is 0. The van der Waals surface area contributed by atoms with E-state index in [4.69, 9.17) is 25.8 Å². The molecule has 27 heavy (non-hydrogen) atoms. The van der Waals surface area contributed by atoms with E-state index in [2.05, 4.69) is 20.6 Å². The van der Waals surface area contributed by atoms with Crippen LogP contribution in [0.25, 0.3) is 11.4 Å². The summed E-state index contributed by atoms with van der Waals surface area (Å²) in [5, 5.41) is 0.645. The number of imidazole rings is 1. The second-order valence-corrected chi connectivity index (χ2v) is 7.86. The van der Waals surface area contributed by atoms with Crippen molar-refractivity contribution in [2.45, 2.75) is 37.8 Å². The van der Waals surface area contributed by atoms with Crippen molar-refractivity contribution in [2.75, 3.05) is 33.1 Å². The van der Waals surface area contributed by atoms with Crippen molar-refractivity contribution in [3.05, 3.63) is 29.5 Å². The third-order valence-electron chi connectivity index (χ3n) is 5.97. The number of hydrogen-bond donors (Lipinski definition) is 0. The molecule has 0 amide bonds. The molecule has 1 aromatic heterocycles. The van der Waals surface area contributed by atoms with E-state index >= 15 is 0 Å². The molecule has 6 nitrogen and oxygen atoms in total.